The smallest absolute Gasteiger partial charge is 0.406 e. The molecule has 3 amide bonds. The number of halogens is 3. The van der Waals surface area contributed by atoms with Gasteiger partial charge in [-0.2, -0.15) is 4.98 Å². The lowest BCUT2D eigenvalue weighted by Crippen LogP contribution is -2.20. The van der Waals surface area contributed by atoms with Crippen LogP contribution in [0, 0.1) is 13.8 Å². The third-order valence-corrected chi connectivity index (χ3v) is 5.69. The van der Waals surface area contributed by atoms with Gasteiger partial charge in [0.15, 0.2) is 0 Å². The van der Waals surface area contributed by atoms with Crippen LogP contribution in [0.1, 0.15) is 21.5 Å². The lowest BCUT2D eigenvalue weighted by molar-refractivity contribution is -0.274. The number of nitrogens with one attached hydrogen (secondary N) is 5. The molecule has 4 aromatic rings. The van der Waals surface area contributed by atoms with Crippen molar-refractivity contribution in [2.24, 2.45) is 0 Å². The molecule has 0 aliphatic rings. The van der Waals surface area contributed by atoms with Gasteiger partial charge >= 0.3 is 12.4 Å². The van der Waals surface area contributed by atoms with E-state index in [-0.39, 0.29) is 11.6 Å². The van der Waals surface area contributed by atoms with Crippen molar-refractivity contribution in [2.75, 3.05) is 28.3 Å². The first-order valence-corrected chi connectivity index (χ1v) is 12.2. The van der Waals surface area contributed by atoms with E-state index in [1.165, 1.54) is 12.1 Å². The van der Waals surface area contributed by atoms with Gasteiger partial charge < -0.3 is 31.3 Å². The number of nitrogens with zero attached hydrogens (tertiary/aromatic N) is 2. The van der Waals surface area contributed by atoms with Crippen LogP contribution in [0.5, 0.6) is 5.75 Å². The van der Waals surface area contributed by atoms with Gasteiger partial charge in [-0.1, -0.05) is 12.1 Å². The molecule has 0 saturated heterocycles. The summed E-state index contributed by atoms with van der Waals surface area (Å²) < 4.78 is 41.2. The van der Waals surface area contributed by atoms with Gasteiger partial charge in [-0.3, -0.25) is 4.79 Å². The molecule has 1 aromatic heterocycles. The topological polar surface area (TPSA) is 129 Å². The van der Waals surface area contributed by atoms with E-state index in [9.17, 15) is 22.8 Å². The summed E-state index contributed by atoms with van der Waals surface area (Å²) in [5.41, 5.74) is 4.11. The molecule has 3 aromatic carbocycles. The van der Waals surface area contributed by atoms with Crippen LogP contribution in [-0.4, -0.2) is 35.3 Å². The summed E-state index contributed by atoms with van der Waals surface area (Å²) in [5.74, 6) is 0.179. The number of alkyl halides is 3. The van der Waals surface area contributed by atoms with Crippen LogP contribution >= 0.6 is 0 Å². The van der Waals surface area contributed by atoms with E-state index in [1.807, 2.05) is 26.0 Å². The van der Waals surface area contributed by atoms with Crippen LogP contribution in [0.15, 0.2) is 72.9 Å². The Bertz CT molecular complexity index is 1580. The molecular weight excluding hydrogens is 539 g/mol. The molecule has 13 heteroatoms. The third-order valence-electron chi connectivity index (χ3n) is 5.69. The zero-order chi connectivity index (χ0) is 29.6. The molecule has 1 heterocycles. The van der Waals surface area contributed by atoms with Crippen LogP contribution in [0.3, 0.4) is 0 Å². The molecular formula is C28H26F3N7O3. The maximum absolute atomic E-state index is 12.5. The minimum atomic E-state index is -4.84. The number of aromatic nitrogens is 2. The van der Waals surface area contributed by atoms with Gasteiger partial charge in [0.1, 0.15) is 11.6 Å². The van der Waals surface area contributed by atoms with E-state index in [0.717, 1.165) is 28.9 Å². The summed E-state index contributed by atoms with van der Waals surface area (Å²) in [5, 5.41) is 14.0. The largest absolute Gasteiger partial charge is 0.573 e. The lowest BCUT2D eigenvalue weighted by atomic mass is 10.1. The van der Waals surface area contributed by atoms with Gasteiger partial charge in [0.2, 0.25) is 5.95 Å². The monoisotopic (exact) mass is 565 g/mol. The second kappa shape index (κ2) is 12.2. The predicted molar refractivity (Wildman–Crippen MR) is 150 cm³/mol. The Morgan fingerprint density at radius 2 is 1.56 bits per heavy atom. The molecule has 41 heavy (non-hydrogen) atoms. The molecule has 0 spiro atoms. The van der Waals surface area contributed by atoms with E-state index in [1.54, 1.807) is 43.6 Å². The highest BCUT2D eigenvalue weighted by Gasteiger charge is 2.31. The minimum absolute atomic E-state index is 0.128. The highest BCUT2D eigenvalue weighted by Crippen LogP contribution is 2.26. The van der Waals surface area contributed by atoms with Gasteiger partial charge in [-0.05, 0) is 73.5 Å². The molecule has 0 saturated carbocycles. The Morgan fingerprint density at radius 3 is 2.27 bits per heavy atom. The van der Waals surface area contributed by atoms with Crippen molar-refractivity contribution in [3.63, 3.8) is 0 Å². The van der Waals surface area contributed by atoms with Crippen molar-refractivity contribution in [2.45, 2.75) is 20.2 Å². The van der Waals surface area contributed by atoms with Crippen LogP contribution in [0.2, 0.25) is 0 Å². The summed E-state index contributed by atoms with van der Waals surface area (Å²) in [7, 11) is 1.57. The lowest BCUT2D eigenvalue weighted by Gasteiger charge is -2.14. The molecule has 4 rings (SSSR count). The van der Waals surface area contributed by atoms with Crippen molar-refractivity contribution in [1.82, 2.24) is 15.3 Å². The third kappa shape index (κ3) is 8.08. The normalized spacial score (nSPS) is 10.9. The quantitative estimate of drug-likeness (QED) is 0.165. The molecule has 5 N–H and O–H groups in total. The fourth-order valence-electron chi connectivity index (χ4n) is 3.78. The van der Waals surface area contributed by atoms with E-state index >= 15 is 0 Å². The second-order valence-corrected chi connectivity index (χ2v) is 8.81. The van der Waals surface area contributed by atoms with E-state index in [4.69, 9.17) is 0 Å². The van der Waals surface area contributed by atoms with Crippen molar-refractivity contribution < 1.29 is 27.5 Å². The summed E-state index contributed by atoms with van der Waals surface area (Å²) in [6.07, 6.45) is -3.26. The second-order valence-electron chi connectivity index (χ2n) is 8.81. The van der Waals surface area contributed by atoms with Crippen molar-refractivity contribution >= 4 is 46.5 Å². The van der Waals surface area contributed by atoms with Crippen LogP contribution in [0.25, 0.3) is 0 Å². The SMILES string of the molecule is CNC(=O)c1cc(Nc2nccc(Nc3ccc(NC(=O)Nc4cccc(OC(F)(F)F)c4)cc3C)n2)ccc1C. The zero-order valence-corrected chi connectivity index (χ0v) is 22.2. The fourth-order valence-corrected chi connectivity index (χ4v) is 3.78. The number of urea groups is 1. The Balaban J connectivity index is 1.39. The number of hydrogen-bond acceptors (Lipinski definition) is 7. The molecule has 0 aliphatic heterocycles. The molecule has 0 unspecified atom stereocenters. The van der Waals surface area contributed by atoms with Gasteiger partial charge in [0, 0.05) is 47.6 Å². The number of carbonyl (C=O) groups excluding carboxylic acids is 2. The molecule has 212 valence electrons. The highest BCUT2D eigenvalue weighted by atomic mass is 19.4. The Hall–Kier alpha value is -5.33. The van der Waals surface area contributed by atoms with Crippen molar-refractivity contribution in [1.29, 1.82) is 0 Å². The first-order valence-electron chi connectivity index (χ1n) is 12.2. The van der Waals surface area contributed by atoms with Crippen LogP contribution in [-0.2, 0) is 0 Å². The number of anilines is 6. The first-order chi connectivity index (χ1) is 19.5. The number of hydrogen-bond donors (Lipinski definition) is 5. The number of ether oxygens (including phenoxy) is 1. The number of rotatable bonds is 8. The van der Waals surface area contributed by atoms with Crippen molar-refractivity contribution in [3.05, 3.63) is 89.6 Å². The standard InChI is InChI=1S/C28H26F3N7O3/c1-16-7-8-20(15-22(16)25(39)32-3)34-26-33-12-11-24(38-26)37-23-10-9-19(13-17(23)2)36-27(40)35-18-5-4-6-21(14-18)41-28(29,30)31/h4-15H,1-3H3,(H,32,39)(H2,35,36,40)(H2,33,34,37,38). The highest BCUT2D eigenvalue weighted by molar-refractivity contribution is 6.00. The summed E-state index contributed by atoms with van der Waals surface area (Å²) in [6.45, 7) is 3.68. The molecule has 0 fully saturated rings. The fraction of sp³-hybridized carbons (Fsp3) is 0.143. The molecule has 10 nitrogen and oxygen atoms in total. The van der Waals surface area contributed by atoms with Crippen molar-refractivity contribution in [3.8, 4) is 5.75 Å². The number of aryl methyl sites for hydroxylation is 2. The van der Waals surface area contributed by atoms with Crippen LogP contribution < -0.4 is 31.3 Å². The maximum atomic E-state index is 12.5. The van der Waals surface area contributed by atoms with Crippen LogP contribution in [0.4, 0.5) is 52.5 Å². The van der Waals surface area contributed by atoms with E-state index in [2.05, 4.69) is 41.3 Å². The number of amides is 3. The zero-order valence-electron chi connectivity index (χ0n) is 22.2. The Morgan fingerprint density at radius 1 is 0.829 bits per heavy atom. The average Bonchev–Trinajstić information content (AvgIpc) is 2.90. The minimum Gasteiger partial charge on any atom is -0.406 e. The maximum Gasteiger partial charge on any atom is 0.573 e. The summed E-state index contributed by atoms with van der Waals surface area (Å²) in [6, 6.07) is 16.5. The number of benzene rings is 3. The molecule has 0 radical (unpaired) electrons. The summed E-state index contributed by atoms with van der Waals surface area (Å²) >= 11 is 0. The van der Waals surface area contributed by atoms with Gasteiger partial charge in [0.05, 0.1) is 0 Å². The molecule has 0 bridgehead atoms. The van der Waals surface area contributed by atoms with E-state index < -0.39 is 18.1 Å². The predicted octanol–water partition coefficient (Wildman–Crippen LogP) is 6.48. The number of carbonyl (C=O) groups is 2. The van der Waals surface area contributed by atoms with Gasteiger partial charge in [0.25, 0.3) is 5.91 Å². The average molecular weight is 566 g/mol. The molecule has 0 aliphatic carbocycles. The Kier molecular flexibility index (Phi) is 8.56. The van der Waals surface area contributed by atoms with E-state index in [0.29, 0.717) is 28.7 Å². The summed E-state index contributed by atoms with van der Waals surface area (Å²) in [4.78, 5) is 33.2. The van der Waals surface area contributed by atoms with Gasteiger partial charge in [-0.25, -0.2) is 9.78 Å². The van der Waals surface area contributed by atoms with Gasteiger partial charge in [-0.15, -0.1) is 13.2 Å². The Labute approximate surface area is 233 Å². The first kappa shape index (κ1) is 28.7. The molecule has 0 atom stereocenters.